The van der Waals surface area contributed by atoms with Crippen LogP contribution in [0.1, 0.15) is 17.3 Å². The third kappa shape index (κ3) is 2.85. The molecule has 0 saturated heterocycles. The second kappa shape index (κ2) is 4.36. The van der Waals surface area contributed by atoms with Crippen LogP contribution < -0.4 is 10.3 Å². The van der Waals surface area contributed by atoms with E-state index >= 15 is 0 Å². The van der Waals surface area contributed by atoms with Crippen molar-refractivity contribution in [1.82, 2.24) is 0 Å². The number of carbonyl (C=O) groups is 2. The van der Waals surface area contributed by atoms with E-state index in [1.807, 2.05) is 0 Å². The molecule has 0 aliphatic carbocycles. The van der Waals surface area contributed by atoms with Gasteiger partial charge in [0.15, 0.2) is 12.4 Å². The van der Waals surface area contributed by atoms with E-state index in [2.05, 4.69) is 0 Å². The number of nitrogens with zero attached hydrogens (tertiary/aromatic N) is 1. The smallest absolute Gasteiger partial charge is 0.307 e. The Balaban J connectivity index is 2.73. The molecule has 1 heterocycles. The van der Waals surface area contributed by atoms with Gasteiger partial charge in [-0.3, -0.25) is 9.59 Å². The number of amides is 1. The number of primary amides is 1. The molecule has 0 atom stereocenters. The molecule has 74 valence electrons. The fraction of sp³-hybridized carbons (Fsp3) is 0.222. The summed E-state index contributed by atoms with van der Waals surface area (Å²) in [4.78, 5) is 21.3. The molecule has 14 heavy (non-hydrogen) atoms. The summed E-state index contributed by atoms with van der Waals surface area (Å²) in [5.41, 5.74) is 5.45. The van der Waals surface area contributed by atoms with Crippen LogP contribution in [-0.4, -0.2) is 11.9 Å². The highest BCUT2D eigenvalue weighted by Crippen LogP contribution is 1.91. The van der Waals surface area contributed by atoms with Crippen molar-refractivity contribution >= 4 is 11.9 Å². The van der Waals surface area contributed by atoms with E-state index in [0.29, 0.717) is 5.56 Å². The zero-order valence-corrected chi connectivity index (χ0v) is 7.77. The first-order valence-electron chi connectivity index (χ1n) is 4.02. The van der Waals surface area contributed by atoms with Crippen molar-refractivity contribution in [3.05, 3.63) is 30.1 Å². The van der Waals surface area contributed by atoms with E-state index in [9.17, 15) is 9.59 Å². The third-order valence-electron chi connectivity index (χ3n) is 1.56. The number of esters is 1. The van der Waals surface area contributed by atoms with E-state index < -0.39 is 5.91 Å². The van der Waals surface area contributed by atoms with Gasteiger partial charge in [0.1, 0.15) is 5.56 Å². The summed E-state index contributed by atoms with van der Waals surface area (Å²) in [6.07, 6.45) is 3.20. The normalized spacial score (nSPS) is 9.50. The van der Waals surface area contributed by atoms with Crippen LogP contribution in [-0.2, 0) is 16.3 Å². The molecule has 0 aromatic carbocycles. The van der Waals surface area contributed by atoms with E-state index in [1.54, 1.807) is 22.9 Å². The van der Waals surface area contributed by atoms with Crippen molar-refractivity contribution < 1.29 is 18.9 Å². The Bertz CT molecular complexity index is 363. The number of hydrogen-bond acceptors (Lipinski definition) is 3. The van der Waals surface area contributed by atoms with Crippen molar-refractivity contribution in [2.75, 3.05) is 0 Å². The highest BCUT2D eigenvalue weighted by Gasteiger charge is 2.07. The van der Waals surface area contributed by atoms with Gasteiger partial charge in [-0.1, -0.05) is 0 Å². The molecule has 0 aliphatic rings. The largest absolute Gasteiger partial charge is 0.405 e. The van der Waals surface area contributed by atoms with Crippen LogP contribution in [0.5, 0.6) is 0 Å². The Morgan fingerprint density at radius 3 is 2.86 bits per heavy atom. The second-order valence-electron chi connectivity index (χ2n) is 2.74. The maximum atomic E-state index is 10.8. The van der Waals surface area contributed by atoms with Crippen LogP contribution in [0.15, 0.2) is 24.5 Å². The molecule has 0 bridgehead atoms. The summed E-state index contributed by atoms with van der Waals surface area (Å²) in [5.74, 6) is -0.885. The Kier molecular flexibility index (Phi) is 3.17. The van der Waals surface area contributed by atoms with Gasteiger partial charge in [-0.2, -0.15) is 4.57 Å². The maximum Gasteiger partial charge on any atom is 0.307 e. The predicted octanol–water partition coefficient (Wildman–Crippen LogP) is -0.406. The molecule has 1 aromatic rings. The molecular weight excluding hydrogens is 184 g/mol. The highest BCUT2D eigenvalue weighted by atomic mass is 16.5. The molecular formula is C9H11N2O3+. The van der Waals surface area contributed by atoms with Gasteiger partial charge >= 0.3 is 5.97 Å². The lowest BCUT2D eigenvalue weighted by molar-refractivity contribution is -0.727. The molecule has 0 radical (unpaired) electrons. The number of nitrogens with two attached hydrogens (primary N) is 1. The van der Waals surface area contributed by atoms with Crippen molar-refractivity contribution in [1.29, 1.82) is 0 Å². The number of carbonyl (C=O) groups excluding carboxylic acids is 2. The summed E-state index contributed by atoms with van der Waals surface area (Å²) >= 11 is 0. The number of aromatic nitrogens is 1. The second-order valence-corrected chi connectivity index (χ2v) is 2.74. The Labute approximate surface area is 81.1 Å². The van der Waals surface area contributed by atoms with Gasteiger partial charge < -0.3 is 10.5 Å². The molecule has 1 amide bonds. The van der Waals surface area contributed by atoms with E-state index in [-0.39, 0.29) is 12.7 Å². The molecule has 0 saturated carbocycles. The van der Waals surface area contributed by atoms with Gasteiger partial charge in [0.25, 0.3) is 12.6 Å². The van der Waals surface area contributed by atoms with Gasteiger partial charge in [-0.15, -0.1) is 0 Å². The maximum absolute atomic E-state index is 10.8. The van der Waals surface area contributed by atoms with Gasteiger partial charge in [0.2, 0.25) is 0 Å². The molecule has 5 nitrogen and oxygen atoms in total. The molecule has 1 rings (SSSR count). The topological polar surface area (TPSA) is 73.3 Å². The molecule has 0 unspecified atom stereocenters. The quantitative estimate of drug-likeness (QED) is 0.526. The van der Waals surface area contributed by atoms with Crippen LogP contribution in [0.3, 0.4) is 0 Å². The average Bonchev–Trinajstić information content (AvgIpc) is 2.15. The van der Waals surface area contributed by atoms with Crippen LogP contribution in [0.25, 0.3) is 0 Å². The minimum Gasteiger partial charge on any atom is -0.405 e. The van der Waals surface area contributed by atoms with Crippen molar-refractivity contribution in [2.24, 2.45) is 5.73 Å². The lowest BCUT2D eigenvalue weighted by Gasteiger charge is -1.98. The van der Waals surface area contributed by atoms with E-state index in [4.69, 9.17) is 10.5 Å². The minimum atomic E-state index is -0.512. The monoisotopic (exact) mass is 195 g/mol. The van der Waals surface area contributed by atoms with Gasteiger partial charge in [-0.05, 0) is 6.07 Å². The zero-order valence-electron chi connectivity index (χ0n) is 7.77. The Hall–Kier alpha value is -1.91. The van der Waals surface area contributed by atoms with E-state index in [0.717, 1.165) is 0 Å². The van der Waals surface area contributed by atoms with Crippen LogP contribution >= 0.6 is 0 Å². The van der Waals surface area contributed by atoms with E-state index in [1.165, 1.54) is 13.1 Å². The fourth-order valence-corrected chi connectivity index (χ4v) is 0.913. The summed E-state index contributed by atoms with van der Waals surface area (Å²) < 4.78 is 6.29. The zero-order chi connectivity index (χ0) is 10.6. The summed E-state index contributed by atoms with van der Waals surface area (Å²) in [5, 5.41) is 0. The summed E-state index contributed by atoms with van der Waals surface area (Å²) in [6.45, 7) is 1.40. The number of pyridine rings is 1. The SMILES string of the molecule is CC(=O)OC[n+]1cccc(C(N)=O)c1. The predicted molar refractivity (Wildman–Crippen MR) is 46.9 cm³/mol. The minimum absolute atomic E-state index is 0.0798. The third-order valence-corrected chi connectivity index (χ3v) is 1.56. The standard InChI is InChI=1S/C9H10N2O3/c1-7(12)14-6-11-4-2-3-8(5-11)9(10)13/h2-5H,6H2,1H3,(H-,10,13)/p+1. The van der Waals surface area contributed by atoms with Crippen LogP contribution in [0.4, 0.5) is 0 Å². The summed E-state index contributed by atoms with van der Waals surface area (Å²) in [7, 11) is 0. The molecule has 0 aliphatic heterocycles. The first kappa shape index (κ1) is 10.2. The highest BCUT2D eigenvalue weighted by molar-refractivity contribution is 5.92. The van der Waals surface area contributed by atoms with Crippen molar-refractivity contribution in [2.45, 2.75) is 13.7 Å². The van der Waals surface area contributed by atoms with Gasteiger partial charge in [-0.25, -0.2) is 0 Å². The molecule has 0 spiro atoms. The number of hydrogen-bond donors (Lipinski definition) is 1. The Morgan fingerprint density at radius 1 is 1.57 bits per heavy atom. The first-order chi connectivity index (χ1) is 6.59. The Morgan fingerprint density at radius 2 is 2.29 bits per heavy atom. The van der Waals surface area contributed by atoms with Gasteiger partial charge in [0, 0.05) is 13.0 Å². The number of ether oxygens (including phenoxy) is 1. The molecule has 2 N–H and O–H groups in total. The van der Waals surface area contributed by atoms with Crippen LogP contribution in [0, 0.1) is 0 Å². The summed E-state index contributed by atoms with van der Waals surface area (Å²) in [6, 6.07) is 3.25. The lowest BCUT2D eigenvalue weighted by Crippen LogP contribution is -2.36. The average molecular weight is 195 g/mol. The fourth-order valence-electron chi connectivity index (χ4n) is 0.913. The van der Waals surface area contributed by atoms with Crippen molar-refractivity contribution in [3.8, 4) is 0 Å². The van der Waals surface area contributed by atoms with Gasteiger partial charge in [0.05, 0.1) is 0 Å². The molecule has 0 fully saturated rings. The number of rotatable bonds is 3. The lowest BCUT2D eigenvalue weighted by atomic mass is 10.3. The first-order valence-corrected chi connectivity index (χ1v) is 4.02. The van der Waals surface area contributed by atoms with Crippen LogP contribution in [0.2, 0.25) is 0 Å². The molecule has 1 aromatic heterocycles. The van der Waals surface area contributed by atoms with Crippen molar-refractivity contribution in [3.63, 3.8) is 0 Å². The molecule has 5 heteroatoms.